The van der Waals surface area contributed by atoms with Crippen LogP contribution in [0.5, 0.6) is 0 Å². The van der Waals surface area contributed by atoms with Gasteiger partial charge in [0.15, 0.2) is 62.7 Å². The zero-order valence-corrected chi connectivity index (χ0v) is 40.5. The Bertz CT molecular complexity index is 2840. The van der Waals surface area contributed by atoms with Crippen LogP contribution in [-0.2, 0) is 26.2 Å². The zero-order chi connectivity index (χ0) is 38.7. The van der Waals surface area contributed by atoms with Gasteiger partial charge < -0.3 is 67.9 Å². The third-order valence-electron chi connectivity index (χ3n) is 11.6. The van der Waals surface area contributed by atoms with E-state index in [9.17, 15) is 0 Å². The Balaban J connectivity index is 0.00000160. The van der Waals surface area contributed by atoms with E-state index >= 15 is 0 Å². The van der Waals surface area contributed by atoms with Crippen molar-refractivity contribution in [3.63, 3.8) is 0 Å². The van der Waals surface area contributed by atoms with Gasteiger partial charge in [-0.1, -0.05) is 72.8 Å². The van der Waals surface area contributed by atoms with Gasteiger partial charge in [0.05, 0.1) is 0 Å². The minimum atomic E-state index is 0. The lowest BCUT2D eigenvalue weighted by Gasteiger charge is -2.05. The van der Waals surface area contributed by atoms with E-state index in [4.69, 9.17) is 0 Å². The van der Waals surface area contributed by atoms with Gasteiger partial charge in [-0.05, 0) is 102 Å². The summed E-state index contributed by atoms with van der Waals surface area (Å²) >= 11 is 0. The fourth-order valence-corrected chi connectivity index (χ4v) is 8.29. The molecule has 10 aromatic rings. The predicted molar refractivity (Wildman–Crippen MR) is 235 cm³/mol. The van der Waals surface area contributed by atoms with Crippen molar-refractivity contribution in [3.05, 3.63) is 218 Å². The van der Waals surface area contributed by atoms with Crippen LogP contribution in [-0.4, -0.2) is 0 Å². The van der Waals surface area contributed by atoms with E-state index in [1.165, 1.54) is 76.5 Å². The van der Waals surface area contributed by atoms with Crippen LogP contribution in [0.3, 0.4) is 0 Å². The number of pyridine rings is 4. The number of hydrogen-bond acceptors (Lipinski definition) is 0. The molecule has 0 amide bonds. The Labute approximate surface area is 405 Å². The van der Waals surface area contributed by atoms with E-state index < -0.39 is 0 Å². The van der Waals surface area contributed by atoms with Crippen LogP contribution in [0, 0.1) is 0 Å². The van der Waals surface area contributed by atoms with Gasteiger partial charge in [-0.2, -0.15) is 0 Å². The molecule has 0 radical (unpaired) electrons. The molecule has 0 fully saturated rings. The molecule has 0 atom stereocenters. The second-order valence-corrected chi connectivity index (χ2v) is 15.6. The average molecular weight is 1070 g/mol. The van der Waals surface area contributed by atoms with E-state index in [1.807, 2.05) is 0 Å². The van der Waals surface area contributed by atoms with Crippen LogP contribution >= 0.6 is 0 Å². The van der Waals surface area contributed by atoms with Gasteiger partial charge >= 0.3 is 0 Å². The van der Waals surface area contributed by atoms with Crippen LogP contribution in [0.25, 0.3) is 65.3 Å². The standard InChI is InChI=1S/C54H46N4.4BrH/c1-3-9-49-37-53-33-41(11-13-51(53)35-47(49)7-1)39-57-29-19-45(20-30-57)43-15-25-55(26-16-43)23-5-6-24-56-27-17-44(18-28-56)46-21-31-58(32-22-46)40-42-12-14-52-36-48-8-2-4-10-50(48)38-54(52)34-42;;;;/h1-4,7-22,25-38H,5-6,23-24,39-40H2;4*1H/q+4;;;;/p-4. The Morgan fingerprint density at radius 3 is 0.855 bits per heavy atom. The van der Waals surface area contributed by atoms with Gasteiger partial charge in [0.25, 0.3) is 0 Å². The van der Waals surface area contributed by atoms with Crippen molar-refractivity contribution in [2.75, 3.05) is 0 Å². The number of aryl methyl sites for hydroxylation is 2. The van der Waals surface area contributed by atoms with Crippen molar-refractivity contribution in [2.24, 2.45) is 0 Å². The highest BCUT2D eigenvalue weighted by Gasteiger charge is 2.11. The van der Waals surface area contributed by atoms with E-state index in [2.05, 4.69) is 226 Å². The van der Waals surface area contributed by atoms with Crippen molar-refractivity contribution in [3.8, 4) is 22.3 Å². The first-order valence-electron chi connectivity index (χ1n) is 20.5. The van der Waals surface area contributed by atoms with Crippen molar-refractivity contribution in [1.29, 1.82) is 0 Å². The molecular weight excluding hydrogens is 1020 g/mol. The second-order valence-electron chi connectivity index (χ2n) is 15.6. The van der Waals surface area contributed by atoms with Crippen molar-refractivity contribution in [1.82, 2.24) is 0 Å². The summed E-state index contributed by atoms with van der Waals surface area (Å²) < 4.78 is 9.11. The molecule has 8 heteroatoms. The van der Waals surface area contributed by atoms with Gasteiger partial charge in [-0.3, -0.25) is 0 Å². The van der Waals surface area contributed by atoms with Gasteiger partial charge in [0.1, 0.15) is 13.1 Å². The quantitative estimate of drug-likeness (QED) is 0.0843. The first-order valence-corrected chi connectivity index (χ1v) is 20.5. The Morgan fingerprint density at radius 2 is 0.532 bits per heavy atom. The van der Waals surface area contributed by atoms with Crippen LogP contribution in [0.15, 0.2) is 207 Å². The average Bonchev–Trinajstić information content (AvgIpc) is 3.27. The second kappa shape index (κ2) is 21.3. The lowest BCUT2D eigenvalue weighted by Crippen LogP contribution is -3.00. The Kier molecular flexibility index (Phi) is 15.9. The molecule has 0 aliphatic carbocycles. The first-order chi connectivity index (χ1) is 28.6. The van der Waals surface area contributed by atoms with Crippen molar-refractivity contribution in [2.45, 2.75) is 39.0 Å². The molecule has 4 nitrogen and oxygen atoms in total. The summed E-state index contributed by atoms with van der Waals surface area (Å²) in [6, 6.07) is 57.8. The smallest absolute Gasteiger partial charge is 0.173 e. The molecule has 0 saturated carbocycles. The molecule has 0 bridgehead atoms. The molecule has 62 heavy (non-hydrogen) atoms. The predicted octanol–water partition coefficient (Wildman–Crippen LogP) is -1.62. The van der Waals surface area contributed by atoms with E-state index in [0.29, 0.717) is 0 Å². The number of fused-ring (bicyclic) bond motifs is 4. The van der Waals surface area contributed by atoms with E-state index in [1.54, 1.807) is 0 Å². The van der Waals surface area contributed by atoms with Crippen LogP contribution in [0.4, 0.5) is 0 Å². The van der Waals surface area contributed by atoms with E-state index in [-0.39, 0.29) is 67.9 Å². The molecule has 6 aromatic carbocycles. The van der Waals surface area contributed by atoms with Crippen LogP contribution < -0.4 is 86.2 Å². The summed E-state index contributed by atoms with van der Waals surface area (Å²) in [5.74, 6) is 0. The summed E-state index contributed by atoms with van der Waals surface area (Å²) in [5, 5.41) is 10.3. The number of rotatable bonds is 11. The van der Waals surface area contributed by atoms with E-state index in [0.717, 1.165) is 39.0 Å². The third-order valence-corrected chi connectivity index (χ3v) is 11.6. The molecular formula is C54H46Br4N4. The van der Waals surface area contributed by atoms with Crippen LogP contribution in [0.2, 0.25) is 0 Å². The first kappa shape index (κ1) is 46.4. The SMILES string of the molecule is [Br-].[Br-].[Br-].[Br-].c1ccc2cc3cc(C[n+]4ccc(-c5cc[n+](CCCC[n+]6ccc(-c7cc[n+](Cc8ccc9cc%10ccccc%10cc9c8)cc7)cc6)cc5)cc4)ccc3cc2c1. The molecule has 310 valence electrons. The number of halogens is 4. The minimum Gasteiger partial charge on any atom is -1.00 e. The fourth-order valence-electron chi connectivity index (χ4n) is 8.29. The van der Waals surface area contributed by atoms with Gasteiger partial charge in [0, 0.05) is 72.5 Å². The summed E-state index contributed by atoms with van der Waals surface area (Å²) in [6.45, 7) is 3.71. The lowest BCUT2D eigenvalue weighted by molar-refractivity contribution is -0.708. The lowest BCUT2D eigenvalue weighted by atomic mass is 10.0. The van der Waals surface area contributed by atoms with Crippen molar-refractivity contribution >= 4 is 43.1 Å². The molecule has 0 saturated heterocycles. The summed E-state index contributed by atoms with van der Waals surface area (Å²) in [7, 11) is 0. The Morgan fingerprint density at radius 1 is 0.258 bits per heavy atom. The highest BCUT2D eigenvalue weighted by atomic mass is 79.9. The summed E-state index contributed by atoms with van der Waals surface area (Å²) in [4.78, 5) is 0. The monoisotopic (exact) mass is 1070 g/mol. The van der Waals surface area contributed by atoms with Gasteiger partial charge in [0.2, 0.25) is 0 Å². The third kappa shape index (κ3) is 10.7. The number of nitrogens with zero attached hydrogens (tertiary/aromatic N) is 4. The van der Waals surface area contributed by atoms with Gasteiger partial charge in [-0.25, -0.2) is 18.3 Å². The van der Waals surface area contributed by atoms with Gasteiger partial charge in [-0.15, -0.1) is 0 Å². The number of hydrogen-bond donors (Lipinski definition) is 0. The number of benzene rings is 6. The normalized spacial score (nSPS) is 10.8. The molecule has 0 N–H and O–H groups in total. The molecule has 0 aliphatic heterocycles. The molecule has 10 rings (SSSR count). The maximum Gasteiger partial charge on any atom is 0.173 e. The maximum absolute atomic E-state index is 2.32. The largest absolute Gasteiger partial charge is 1.00 e. The summed E-state index contributed by atoms with van der Waals surface area (Å²) in [5.41, 5.74) is 7.56. The van der Waals surface area contributed by atoms with Crippen LogP contribution in [0.1, 0.15) is 24.0 Å². The Hall–Kier alpha value is -5.12. The van der Waals surface area contributed by atoms with Crippen molar-refractivity contribution < 1.29 is 86.2 Å². The number of aromatic nitrogens is 4. The molecule has 0 spiro atoms. The highest BCUT2D eigenvalue weighted by Crippen LogP contribution is 2.26. The molecule has 0 aliphatic rings. The number of unbranched alkanes of at least 4 members (excludes halogenated alkanes) is 1. The zero-order valence-electron chi connectivity index (χ0n) is 34.2. The minimum absolute atomic E-state index is 0. The topological polar surface area (TPSA) is 15.5 Å². The molecule has 4 aromatic heterocycles. The maximum atomic E-state index is 2.32. The molecule has 4 heterocycles. The fraction of sp³-hybridized carbons (Fsp3) is 0.111. The summed E-state index contributed by atoms with van der Waals surface area (Å²) in [6.07, 6.45) is 19.9. The highest BCUT2D eigenvalue weighted by molar-refractivity contribution is 5.99. The molecule has 0 unspecified atom stereocenters.